The molecule has 0 saturated carbocycles. The predicted molar refractivity (Wildman–Crippen MR) is 122 cm³/mol. The summed E-state index contributed by atoms with van der Waals surface area (Å²) >= 11 is 0. The number of rotatable bonds is 8. The minimum atomic E-state index is -1.34. The maximum absolute atomic E-state index is 12.2. The fourth-order valence-corrected chi connectivity index (χ4v) is 5.01. The molecule has 6 N–H and O–H groups in total. The number of piperidine rings is 1. The molecule has 14 heteroatoms. The quantitative estimate of drug-likeness (QED) is 0.219. The first-order valence-corrected chi connectivity index (χ1v) is 12.0. The number of aromatic amines is 1. The number of nitrogens with zero attached hydrogens (tertiary/aromatic N) is 2. The van der Waals surface area contributed by atoms with Crippen LogP contribution < -0.4 is 17.0 Å². The van der Waals surface area contributed by atoms with Gasteiger partial charge in [-0.15, -0.1) is 0 Å². The number of aliphatic hydroxyl groups excluding tert-OH is 3. The first kappa shape index (κ1) is 26.9. The van der Waals surface area contributed by atoms with E-state index < -0.39 is 60.4 Å². The highest BCUT2D eigenvalue weighted by Crippen LogP contribution is 2.33. The number of nitrogens with two attached hydrogens (primary N) is 1. The third kappa shape index (κ3) is 5.70. The van der Waals surface area contributed by atoms with Crippen LogP contribution in [0.25, 0.3) is 0 Å². The lowest BCUT2D eigenvalue weighted by Gasteiger charge is -2.36. The lowest BCUT2D eigenvalue weighted by Crippen LogP contribution is -2.48. The van der Waals surface area contributed by atoms with Gasteiger partial charge in [-0.1, -0.05) is 0 Å². The Morgan fingerprint density at radius 1 is 1.22 bits per heavy atom. The summed E-state index contributed by atoms with van der Waals surface area (Å²) in [6, 6.07) is 1.15. The van der Waals surface area contributed by atoms with Crippen LogP contribution in [0.15, 0.2) is 21.9 Å². The van der Waals surface area contributed by atoms with Crippen LogP contribution in [0.4, 0.5) is 0 Å². The normalized spacial score (nSPS) is 34.6. The zero-order valence-electron chi connectivity index (χ0n) is 20.0. The number of hydrogen-bond donors (Lipinski definition) is 5. The highest BCUT2D eigenvalue weighted by Gasteiger charge is 2.47. The second-order valence-electron chi connectivity index (χ2n) is 9.42. The number of aliphatic hydroxyl groups is 3. The first-order valence-electron chi connectivity index (χ1n) is 12.0. The molecule has 4 heterocycles. The second kappa shape index (κ2) is 11.5. The molecule has 0 bridgehead atoms. The molecule has 0 radical (unpaired) electrons. The van der Waals surface area contributed by atoms with Crippen molar-refractivity contribution in [3.05, 3.63) is 33.1 Å². The lowest BCUT2D eigenvalue weighted by atomic mass is 9.96. The van der Waals surface area contributed by atoms with Gasteiger partial charge in [0.1, 0.15) is 24.4 Å². The smallest absolute Gasteiger partial charge is 0.330 e. The molecule has 0 spiro atoms. The predicted octanol–water partition coefficient (Wildman–Crippen LogP) is -3.14. The van der Waals surface area contributed by atoms with Crippen LogP contribution in [0.3, 0.4) is 0 Å². The summed E-state index contributed by atoms with van der Waals surface area (Å²) in [4.78, 5) is 39.8. The summed E-state index contributed by atoms with van der Waals surface area (Å²) in [6.07, 6.45) is -5.59. The van der Waals surface area contributed by atoms with E-state index in [1.165, 1.54) is 13.3 Å². The molecule has 0 unspecified atom stereocenters. The van der Waals surface area contributed by atoms with E-state index in [1.54, 1.807) is 0 Å². The molecule has 3 aliphatic rings. The van der Waals surface area contributed by atoms with Gasteiger partial charge in [0, 0.05) is 31.8 Å². The number of methoxy groups -OCH3 is 1. The van der Waals surface area contributed by atoms with E-state index >= 15 is 0 Å². The number of esters is 1. The van der Waals surface area contributed by atoms with Gasteiger partial charge >= 0.3 is 11.7 Å². The van der Waals surface area contributed by atoms with Gasteiger partial charge in [0.15, 0.2) is 12.5 Å². The largest absolute Gasteiger partial charge is 0.469 e. The Kier molecular flexibility index (Phi) is 8.57. The fourth-order valence-electron chi connectivity index (χ4n) is 5.01. The van der Waals surface area contributed by atoms with Crippen molar-refractivity contribution in [3.63, 3.8) is 0 Å². The van der Waals surface area contributed by atoms with Gasteiger partial charge in [-0.05, 0) is 25.9 Å². The molecule has 1 aromatic heterocycles. The SMILES string of the molecule is COC(=O)C1CCN(C[C@H](O[C@@H]2O[C@H](CN)[C@@H](O)[C@H]2O)[C@@H]2C[C@@H](O)[C@H](n3ccc(=O)[nH]c3=O)O2)CC1. The summed E-state index contributed by atoms with van der Waals surface area (Å²) < 4.78 is 23.7. The number of aromatic nitrogens is 2. The van der Waals surface area contributed by atoms with Crippen LogP contribution >= 0.6 is 0 Å². The third-order valence-corrected chi connectivity index (χ3v) is 7.08. The number of carbonyl (C=O) groups excluding carboxylic acids is 1. The molecule has 14 nitrogen and oxygen atoms in total. The highest BCUT2D eigenvalue weighted by atomic mass is 16.7. The van der Waals surface area contributed by atoms with Crippen LogP contribution in [0.2, 0.25) is 0 Å². The van der Waals surface area contributed by atoms with E-state index in [1.807, 2.05) is 0 Å². The van der Waals surface area contributed by atoms with Gasteiger partial charge in [0.05, 0.1) is 25.2 Å². The van der Waals surface area contributed by atoms with Crippen molar-refractivity contribution in [2.75, 3.05) is 33.3 Å². The average Bonchev–Trinajstić information content (AvgIpc) is 3.38. The minimum Gasteiger partial charge on any atom is -0.469 e. The van der Waals surface area contributed by atoms with Gasteiger partial charge in [0.2, 0.25) is 0 Å². The molecule has 3 aliphatic heterocycles. The first-order chi connectivity index (χ1) is 17.2. The number of likely N-dealkylation sites (tertiary alicyclic amines) is 1. The molecule has 0 aliphatic carbocycles. The Labute approximate surface area is 206 Å². The number of nitrogens with one attached hydrogen (secondary N) is 1. The van der Waals surface area contributed by atoms with E-state index in [-0.39, 0.29) is 24.9 Å². The van der Waals surface area contributed by atoms with E-state index in [9.17, 15) is 29.7 Å². The zero-order chi connectivity index (χ0) is 26.0. The number of carbonyl (C=O) groups is 1. The molecule has 1 aromatic rings. The molecule has 36 heavy (non-hydrogen) atoms. The monoisotopic (exact) mass is 514 g/mol. The topological polar surface area (TPSA) is 199 Å². The highest BCUT2D eigenvalue weighted by molar-refractivity contribution is 5.72. The summed E-state index contributed by atoms with van der Waals surface area (Å²) in [5.74, 6) is -0.435. The van der Waals surface area contributed by atoms with Crippen LogP contribution in [0.5, 0.6) is 0 Å². The van der Waals surface area contributed by atoms with Crippen molar-refractivity contribution in [3.8, 4) is 0 Å². The van der Waals surface area contributed by atoms with E-state index in [0.29, 0.717) is 32.5 Å². The van der Waals surface area contributed by atoms with Crippen LogP contribution in [0, 0.1) is 5.92 Å². The molecule has 3 saturated heterocycles. The van der Waals surface area contributed by atoms with Crippen molar-refractivity contribution < 1.29 is 39.1 Å². The van der Waals surface area contributed by atoms with Crippen molar-refractivity contribution in [2.24, 2.45) is 11.7 Å². The van der Waals surface area contributed by atoms with Crippen molar-refractivity contribution >= 4 is 5.97 Å². The van der Waals surface area contributed by atoms with E-state index in [0.717, 1.165) is 10.6 Å². The fraction of sp³-hybridized carbons (Fsp3) is 0.773. The second-order valence-corrected chi connectivity index (χ2v) is 9.42. The van der Waals surface area contributed by atoms with E-state index in [2.05, 4.69) is 9.88 Å². The molecule has 3 fully saturated rings. The summed E-state index contributed by atoms with van der Waals surface area (Å²) in [7, 11) is 1.36. The average molecular weight is 515 g/mol. The summed E-state index contributed by atoms with van der Waals surface area (Å²) in [5.41, 5.74) is 4.32. The Bertz CT molecular complexity index is 1010. The maximum atomic E-state index is 12.2. The molecular formula is C22H34N4O10. The van der Waals surface area contributed by atoms with Crippen molar-refractivity contribution in [2.45, 2.75) is 68.4 Å². The van der Waals surface area contributed by atoms with Gasteiger partial charge < -0.3 is 44.9 Å². The number of ether oxygens (including phenoxy) is 4. The molecule has 0 amide bonds. The standard InChI is InChI=1S/C22H34N4O10/c1-33-20(31)11-2-5-25(6-3-11)10-15(36-21-18(30)17(29)14(9-23)35-21)13-8-12(27)19(34-13)26-7-4-16(28)24-22(26)32/h4,7,11-15,17-19,21,27,29-30H,2-3,5-6,8-10,23H2,1H3,(H,24,28,32)/t12-,13+,14-,15+,17-,18-,19-,21+/m1/s1. The van der Waals surface area contributed by atoms with Gasteiger partial charge in [-0.3, -0.25) is 19.1 Å². The van der Waals surface area contributed by atoms with Crippen molar-refractivity contribution in [1.29, 1.82) is 0 Å². The molecular weight excluding hydrogens is 480 g/mol. The minimum absolute atomic E-state index is 0.0142. The van der Waals surface area contributed by atoms with Crippen LogP contribution in [0.1, 0.15) is 25.5 Å². The number of hydrogen-bond acceptors (Lipinski definition) is 12. The molecule has 8 atom stereocenters. The third-order valence-electron chi connectivity index (χ3n) is 7.08. The van der Waals surface area contributed by atoms with E-state index in [4.69, 9.17) is 24.7 Å². The number of H-pyrrole nitrogens is 1. The Balaban J connectivity index is 1.49. The summed E-state index contributed by atoms with van der Waals surface area (Å²) in [5, 5.41) is 31.3. The molecule has 4 rings (SSSR count). The Morgan fingerprint density at radius 3 is 2.56 bits per heavy atom. The van der Waals surface area contributed by atoms with Gasteiger partial charge in [-0.25, -0.2) is 4.79 Å². The van der Waals surface area contributed by atoms with Crippen LogP contribution in [-0.4, -0.2) is 112 Å². The van der Waals surface area contributed by atoms with Crippen LogP contribution in [-0.2, 0) is 23.7 Å². The van der Waals surface area contributed by atoms with Gasteiger partial charge in [0.25, 0.3) is 5.56 Å². The summed E-state index contributed by atoms with van der Waals surface area (Å²) in [6.45, 7) is 1.47. The maximum Gasteiger partial charge on any atom is 0.330 e. The van der Waals surface area contributed by atoms with Crippen molar-refractivity contribution in [1.82, 2.24) is 14.5 Å². The Morgan fingerprint density at radius 2 is 1.94 bits per heavy atom. The Hall–Kier alpha value is -2.17. The van der Waals surface area contributed by atoms with Gasteiger partial charge in [-0.2, -0.15) is 0 Å². The zero-order valence-corrected chi connectivity index (χ0v) is 20.0. The molecule has 0 aromatic carbocycles. The lowest BCUT2D eigenvalue weighted by molar-refractivity contribution is -0.218. The molecule has 202 valence electrons.